The molecule has 3 aromatic rings. The van der Waals surface area contributed by atoms with Crippen molar-refractivity contribution in [2.75, 3.05) is 10.8 Å². The molecule has 192 valence electrons. The average Bonchev–Trinajstić information content (AvgIpc) is 2.85. The molecule has 0 radical (unpaired) electrons. The number of rotatable bonds is 13. The minimum atomic E-state index is -4.29. The normalized spacial score (nSPS) is 11.4. The number of carbonyl (C=O) groups is 1. The van der Waals surface area contributed by atoms with E-state index < -0.39 is 32.5 Å². The van der Waals surface area contributed by atoms with Crippen LogP contribution in [-0.4, -0.2) is 26.0 Å². The van der Waals surface area contributed by atoms with Crippen LogP contribution in [0, 0.1) is 11.6 Å². The molecule has 0 aliphatic heterocycles. The smallest absolute Gasteiger partial charge is 0.335 e. The van der Waals surface area contributed by atoms with Crippen LogP contribution >= 0.6 is 0 Å². The van der Waals surface area contributed by atoms with Crippen LogP contribution in [0.4, 0.5) is 14.5 Å². The van der Waals surface area contributed by atoms with E-state index >= 15 is 0 Å². The van der Waals surface area contributed by atoms with Gasteiger partial charge in [-0.25, -0.2) is 22.0 Å². The fourth-order valence-electron chi connectivity index (χ4n) is 4.09. The van der Waals surface area contributed by atoms with Crippen LogP contribution in [0.25, 0.3) is 0 Å². The monoisotopic (exact) mass is 515 g/mol. The van der Waals surface area contributed by atoms with Crippen molar-refractivity contribution in [1.29, 1.82) is 0 Å². The number of sulfonamides is 1. The Balaban J connectivity index is 1.91. The Kier molecular flexibility index (Phi) is 9.58. The van der Waals surface area contributed by atoms with E-state index in [-0.39, 0.29) is 12.1 Å². The summed E-state index contributed by atoms with van der Waals surface area (Å²) in [5.74, 6) is -2.96. The zero-order chi connectivity index (χ0) is 26.1. The van der Waals surface area contributed by atoms with Crippen LogP contribution < -0.4 is 4.31 Å². The maximum absolute atomic E-state index is 14.6. The highest BCUT2D eigenvalue weighted by Gasteiger charge is 2.29. The first-order chi connectivity index (χ1) is 17.2. The van der Waals surface area contributed by atoms with Crippen molar-refractivity contribution >= 4 is 21.7 Å². The van der Waals surface area contributed by atoms with Gasteiger partial charge < -0.3 is 5.11 Å². The third-order valence-electron chi connectivity index (χ3n) is 6.07. The van der Waals surface area contributed by atoms with E-state index in [0.29, 0.717) is 31.0 Å². The average molecular weight is 516 g/mol. The number of nitrogens with zero attached hydrogens (tertiary/aromatic N) is 1. The van der Waals surface area contributed by atoms with Gasteiger partial charge in [-0.15, -0.1) is 0 Å². The van der Waals surface area contributed by atoms with Gasteiger partial charge in [0.2, 0.25) is 0 Å². The topological polar surface area (TPSA) is 74.7 Å². The van der Waals surface area contributed by atoms with Gasteiger partial charge in [0.05, 0.1) is 11.3 Å². The highest BCUT2D eigenvalue weighted by atomic mass is 32.2. The summed E-state index contributed by atoms with van der Waals surface area (Å²) in [5, 5.41) is 9.09. The molecular weight excluding hydrogens is 484 g/mol. The number of unbranched alkanes of at least 4 members (excludes halogenated alkanes) is 4. The lowest BCUT2D eigenvalue weighted by Crippen LogP contribution is -2.33. The van der Waals surface area contributed by atoms with Gasteiger partial charge in [-0.3, -0.25) is 4.31 Å². The van der Waals surface area contributed by atoms with Gasteiger partial charge in [-0.05, 0) is 60.7 Å². The second-order valence-corrected chi connectivity index (χ2v) is 10.5. The van der Waals surface area contributed by atoms with Crippen molar-refractivity contribution in [3.63, 3.8) is 0 Å². The minimum absolute atomic E-state index is 0.174. The summed E-state index contributed by atoms with van der Waals surface area (Å²) in [6.07, 6.45) is 5.58. The molecule has 3 rings (SSSR count). The summed E-state index contributed by atoms with van der Waals surface area (Å²) in [7, 11) is -4.29. The van der Waals surface area contributed by atoms with Gasteiger partial charge in [0.1, 0.15) is 16.5 Å². The molecule has 0 unspecified atom stereocenters. The summed E-state index contributed by atoms with van der Waals surface area (Å²) in [6.45, 7) is 2.27. The molecule has 1 N–H and O–H groups in total. The molecule has 0 aromatic heterocycles. The predicted octanol–water partition coefficient (Wildman–Crippen LogP) is 6.61. The van der Waals surface area contributed by atoms with Crippen LogP contribution in [0.3, 0.4) is 0 Å². The first kappa shape index (κ1) is 27.3. The third kappa shape index (κ3) is 6.91. The highest BCUT2D eigenvalue weighted by Crippen LogP contribution is 2.30. The van der Waals surface area contributed by atoms with E-state index in [2.05, 4.69) is 6.92 Å². The molecule has 0 spiro atoms. The van der Waals surface area contributed by atoms with E-state index in [1.54, 1.807) is 24.3 Å². The number of anilines is 1. The zero-order valence-corrected chi connectivity index (χ0v) is 21.1. The fourth-order valence-corrected chi connectivity index (χ4v) is 5.68. The molecule has 0 aliphatic rings. The molecule has 3 aromatic carbocycles. The fraction of sp³-hybridized carbons (Fsp3) is 0.321. The Bertz CT molecular complexity index is 1280. The van der Waals surface area contributed by atoms with Gasteiger partial charge >= 0.3 is 5.97 Å². The molecule has 0 saturated carbocycles. The molecule has 0 saturated heterocycles. The lowest BCUT2D eigenvalue weighted by molar-refractivity contribution is 0.0697. The SMILES string of the molecule is CCCCCCCN(c1ccccc1CCc1ccc(C(=O)O)cc1)S(=O)(=O)c1ccc(F)cc1F. The molecule has 0 aliphatic carbocycles. The van der Waals surface area contributed by atoms with Crippen molar-refractivity contribution < 1.29 is 27.1 Å². The Morgan fingerprint density at radius 1 is 0.889 bits per heavy atom. The van der Waals surface area contributed by atoms with Crippen LogP contribution in [0.2, 0.25) is 0 Å². The molecule has 5 nitrogen and oxygen atoms in total. The number of halogens is 2. The summed E-state index contributed by atoms with van der Waals surface area (Å²) in [5.41, 5.74) is 2.33. The molecule has 36 heavy (non-hydrogen) atoms. The van der Waals surface area contributed by atoms with Crippen LogP contribution in [0.15, 0.2) is 71.6 Å². The van der Waals surface area contributed by atoms with Crippen molar-refractivity contribution in [3.05, 3.63) is 95.1 Å². The number of carboxylic acid groups (broad SMARTS) is 1. The summed E-state index contributed by atoms with van der Waals surface area (Å²) in [6, 6.07) is 16.1. The van der Waals surface area contributed by atoms with Crippen LogP contribution in [-0.2, 0) is 22.9 Å². The molecule has 8 heteroatoms. The summed E-state index contributed by atoms with van der Waals surface area (Å²) in [4.78, 5) is 10.5. The third-order valence-corrected chi connectivity index (χ3v) is 7.92. The van der Waals surface area contributed by atoms with E-state index in [1.165, 1.54) is 16.4 Å². The van der Waals surface area contributed by atoms with Gasteiger partial charge in [-0.2, -0.15) is 0 Å². The molecular formula is C28H31F2NO4S. The van der Waals surface area contributed by atoms with Crippen LogP contribution in [0.5, 0.6) is 0 Å². The molecule has 0 amide bonds. The number of aryl methyl sites for hydroxylation is 2. The first-order valence-electron chi connectivity index (χ1n) is 12.1. The van der Waals surface area contributed by atoms with E-state index in [9.17, 15) is 22.0 Å². The van der Waals surface area contributed by atoms with Gasteiger partial charge in [0, 0.05) is 12.6 Å². The second kappa shape index (κ2) is 12.6. The number of hydrogen-bond acceptors (Lipinski definition) is 3. The Morgan fingerprint density at radius 3 is 2.25 bits per heavy atom. The first-order valence-corrected chi connectivity index (χ1v) is 13.6. The molecule has 0 atom stereocenters. The van der Waals surface area contributed by atoms with Crippen molar-refractivity contribution in [2.24, 2.45) is 0 Å². The van der Waals surface area contributed by atoms with Crippen molar-refractivity contribution in [1.82, 2.24) is 0 Å². The number of para-hydroxylation sites is 1. The number of benzene rings is 3. The predicted molar refractivity (Wildman–Crippen MR) is 137 cm³/mol. The summed E-state index contributed by atoms with van der Waals surface area (Å²) >= 11 is 0. The highest BCUT2D eigenvalue weighted by molar-refractivity contribution is 7.92. The van der Waals surface area contributed by atoms with Gasteiger partial charge in [0.25, 0.3) is 10.0 Å². The molecule has 0 bridgehead atoms. The molecule has 0 fully saturated rings. The largest absolute Gasteiger partial charge is 0.478 e. The van der Waals surface area contributed by atoms with E-state index in [0.717, 1.165) is 48.9 Å². The van der Waals surface area contributed by atoms with Gasteiger partial charge in [-0.1, -0.05) is 62.9 Å². The van der Waals surface area contributed by atoms with Crippen molar-refractivity contribution in [2.45, 2.75) is 56.8 Å². The lowest BCUT2D eigenvalue weighted by Gasteiger charge is -2.27. The lowest BCUT2D eigenvalue weighted by atomic mass is 10.0. The maximum atomic E-state index is 14.6. The number of carboxylic acids is 1. The minimum Gasteiger partial charge on any atom is -0.478 e. The second-order valence-electron chi connectivity index (χ2n) is 8.70. The zero-order valence-electron chi connectivity index (χ0n) is 20.3. The maximum Gasteiger partial charge on any atom is 0.335 e. The van der Waals surface area contributed by atoms with E-state index in [4.69, 9.17) is 5.11 Å². The number of hydrogen-bond donors (Lipinski definition) is 1. The summed E-state index contributed by atoms with van der Waals surface area (Å²) < 4.78 is 56.6. The van der Waals surface area contributed by atoms with E-state index in [1.807, 2.05) is 12.1 Å². The Morgan fingerprint density at radius 2 is 1.58 bits per heavy atom. The molecule has 0 heterocycles. The Hall–Kier alpha value is -3.26. The van der Waals surface area contributed by atoms with Crippen LogP contribution in [0.1, 0.15) is 60.5 Å². The number of aromatic carboxylic acids is 1. The van der Waals surface area contributed by atoms with Crippen molar-refractivity contribution in [3.8, 4) is 0 Å². The quantitative estimate of drug-likeness (QED) is 0.260. The standard InChI is InChI=1S/C28H31F2NO4S/c1-2-3-4-5-8-19-31(36(34,35)27-18-17-24(29)20-25(27)30)26-10-7-6-9-22(26)14-11-21-12-15-23(16-13-21)28(32)33/h6-7,9-10,12-13,15-18,20H,2-5,8,11,14,19H2,1H3,(H,32,33). The van der Waals surface area contributed by atoms with Gasteiger partial charge in [0.15, 0.2) is 0 Å². The Labute approximate surface area is 211 Å².